The molecule has 0 aliphatic carbocycles. The van der Waals surface area contributed by atoms with Gasteiger partial charge in [0.15, 0.2) is 0 Å². The van der Waals surface area contributed by atoms with Crippen molar-refractivity contribution in [1.29, 1.82) is 0 Å². The summed E-state index contributed by atoms with van der Waals surface area (Å²) in [5.41, 5.74) is 0.0491. The molecule has 0 fully saturated rings. The van der Waals surface area contributed by atoms with Gasteiger partial charge >= 0.3 is 16.3 Å². The molecule has 0 aromatic heterocycles. The fourth-order valence-corrected chi connectivity index (χ4v) is 8.89. The predicted octanol–water partition coefficient (Wildman–Crippen LogP) is 3.80. The lowest BCUT2D eigenvalue weighted by atomic mass is 10.2. The maximum absolute atomic E-state index is 12.0. The van der Waals surface area contributed by atoms with Gasteiger partial charge < -0.3 is 9.16 Å². The van der Waals surface area contributed by atoms with E-state index < -0.39 is 30.2 Å². The number of carbonyl (C=O) groups is 1. The van der Waals surface area contributed by atoms with Crippen LogP contribution in [0.5, 0.6) is 0 Å². The maximum Gasteiger partial charge on any atom is 0.422 e. The van der Waals surface area contributed by atoms with E-state index in [0.29, 0.717) is 6.61 Å². The van der Waals surface area contributed by atoms with Crippen LogP contribution in [0.15, 0.2) is 72.3 Å². The molecule has 0 saturated carbocycles. The number of benzene rings is 2. The SMILES string of the molecule is C/C(=C\CONS(=O)(=O)NC(=O)OC(C)(C)C)CO[Si](c1ccccc1)(c1ccccc1)C(C)(C)C. The molecule has 0 unspecified atom stereocenters. The molecular weight excluding hydrogens is 496 g/mol. The molecule has 0 aliphatic rings. The molecule has 2 N–H and O–H groups in total. The van der Waals surface area contributed by atoms with Crippen molar-refractivity contribution in [2.75, 3.05) is 13.2 Å². The Labute approximate surface area is 216 Å². The number of nitrogens with one attached hydrogen (secondary N) is 2. The highest BCUT2D eigenvalue weighted by molar-refractivity contribution is 7.87. The van der Waals surface area contributed by atoms with Crippen LogP contribution in [-0.2, 0) is 24.2 Å². The van der Waals surface area contributed by atoms with E-state index in [1.165, 1.54) is 10.4 Å². The smallest absolute Gasteiger partial charge is 0.422 e. The second-order valence-electron chi connectivity index (χ2n) is 10.5. The number of rotatable bonds is 10. The molecule has 2 aromatic rings. The minimum atomic E-state index is -4.23. The van der Waals surface area contributed by atoms with Crippen molar-refractivity contribution in [3.8, 4) is 0 Å². The Morgan fingerprint density at radius 2 is 1.42 bits per heavy atom. The first-order valence-electron chi connectivity index (χ1n) is 11.7. The molecule has 1 amide bonds. The van der Waals surface area contributed by atoms with Gasteiger partial charge in [-0.3, -0.25) is 4.84 Å². The second kappa shape index (κ2) is 12.2. The number of ether oxygens (including phenoxy) is 1. The van der Waals surface area contributed by atoms with Crippen LogP contribution in [0.4, 0.5) is 4.79 Å². The normalized spacial score (nSPS) is 13.4. The molecule has 0 radical (unpaired) electrons. The Balaban J connectivity index is 2.09. The summed E-state index contributed by atoms with van der Waals surface area (Å²) in [6.45, 7) is 13.7. The topological polar surface area (TPSA) is 103 Å². The largest absolute Gasteiger partial charge is 0.443 e. The van der Waals surface area contributed by atoms with Gasteiger partial charge in [-0.25, -0.2) is 9.52 Å². The van der Waals surface area contributed by atoms with Gasteiger partial charge in [0, 0.05) is 0 Å². The van der Waals surface area contributed by atoms with Crippen LogP contribution < -0.4 is 20.0 Å². The third kappa shape index (κ3) is 8.56. The van der Waals surface area contributed by atoms with Crippen LogP contribution in [0.2, 0.25) is 5.04 Å². The Hall–Kier alpha value is -2.50. The van der Waals surface area contributed by atoms with Crippen LogP contribution in [0.3, 0.4) is 0 Å². The zero-order valence-electron chi connectivity index (χ0n) is 22.1. The molecule has 0 bridgehead atoms. The maximum atomic E-state index is 12.0. The Bertz CT molecular complexity index is 1090. The van der Waals surface area contributed by atoms with Crippen molar-refractivity contribution in [3.05, 3.63) is 72.3 Å². The number of hydrogen-bond acceptors (Lipinski definition) is 6. The molecular formula is C26H38N2O6SSi. The standard InChI is InChI=1S/C26H38N2O6SSi/c1-21(18-19-32-28-35(30,31)27-24(29)34-25(2,3)4)20-33-36(26(5,6)7,22-14-10-8-11-15-22)23-16-12-9-13-17-23/h8-18,28H,19-20H2,1-7H3,(H,27,29)/b21-18+. The van der Waals surface area contributed by atoms with Gasteiger partial charge in [0.05, 0.1) is 13.2 Å². The van der Waals surface area contributed by atoms with Gasteiger partial charge in [-0.1, -0.05) is 98.0 Å². The monoisotopic (exact) mass is 534 g/mol. The van der Waals surface area contributed by atoms with Crippen molar-refractivity contribution in [3.63, 3.8) is 0 Å². The average Bonchev–Trinajstić information content (AvgIpc) is 2.76. The van der Waals surface area contributed by atoms with E-state index in [4.69, 9.17) is 14.0 Å². The van der Waals surface area contributed by atoms with Crippen LogP contribution in [0, 0.1) is 0 Å². The van der Waals surface area contributed by atoms with Gasteiger partial charge in [0.1, 0.15) is 5.60 Å². The first-order chi connectivity index (χ1) is 16.7. The number of hydrogen-bond donors (Lipinski definition) is 2. The summed E-state index contributed by atoms with van der Waals surface area (Å²) in [5.74, 6) is 0. The van der Waals surface area contributed by atoms with Crippen molar-refractivity contribution >= 4 is 35.0 Å². The predicted molar refractivity (Wildman–Crippen MR) is 145 cm³/mol. The van der Waals surface area contributed by atoms with E-state index in [-0.39, 0.29) is 11.6 Å². The average molecular weight is 535 g/mol. The molecule has 36 heavy (non-hydrogen) atoms. The third-order valence-electron chi connectivity index (χ3n) is 5.23. The zero-order chi connectivity index (χ0) is 27.0. The Morgan fingerprint density at radius 3 is 1.86 bits per heavy atom. The summed E-state index contributed by atoms with van der Waals surface area (Å²) in [7, 11) is -6.91. The van der Waals surface area contributed by atoms with Crippen LogP contribution >= 0.6 is 0 Å². The molecule has 0 saturated heterocycles. The van der Waals surface area contributed by atoms with Crippen molar-refractivity contribution in [1.82, 2.24) is 9.61 Å². The van der Waals surface area contributed by atoms with Crippen LogP contribution in [0.25, 0.3) is 0 Å². The summed E-state index contributed by atoms with van der Waals surface area (Å²) in [5, 5.41) is 2.19. The van der Waals surface area contributed by atoms with Crippen molar-refractivity contribution in [2.45, 2.75) is 59.1 Å². The van der Waals surface area contributed by atoms with Gasteiger partial charge in [0.25, 0.3) is 8.32 Å². The zero-order valence-corrected chi connectivity index (χ0v) is 23.9. The highest BCUT2D eigenvalue weighted by atomic mass is 32.2. The minimum Gasteiger partial charge on any atom is -0.443 e. The number of carbonyl (C=O) groups excluding carboxylic acids is 1. The third-order valence-corrected chi connectivity index (χ3v) is 11.0. The fraction of sp³-hybridized carbons (Fsp3) is 0.423. The van der Waals surface area contributed by atoms with E-state index in [1.54, 1.807) is 31.6 Å². The van der Waals surface area contributed by atoms with E-state index in [9.17, 15) is 13.2 Å². The summed E-state index contributed by atoms with van der Waals surface area (Å²) in [4.78, 5) is 18.6. The lowest BCUT2D eigenvalue weighted by Gasteiger charge is -2.43. The molecule has 0 aliphatic heterocycles. The quantitative estimate of drug-likeness (QED) is 0.208. The highest BCUT2D eigenvalue weighted by Crippen LogP contribution is 2.36. The lowest BCUT2D eigenvalue weighted by Crippen LogP contribution is -2.66. The molecule has 0 heterocycles. The van der Waals surface area contributed by atoms with Crippen LogP contribution in [-0.4, -0.2) is 41.6 Å². The van der Waals surface area contributed by atoms with E-state index in [2.05, 4.69) is 45.0 Å². The molecule has 198 valence electrons. The van der Waals surface area contributed by atoms with E-state index in [0.717, 1.165) is 5.57 Å². The van der Waals surface area contributed by atoms with Crippen LogP contribution in [0.1, 0.15) is 48.5 Å². The van der Waals surface area contributed by atoms with E-state index in [1.807, 2.05) is 48.2 Å². The molecule has 8 nitrogen and oxygen atoms in total. The van der Waals surface area contributed by atoms with Gasteiger partial charge in [-0.2, -0.15) is 8.42 Å². The van der Waals surface area contributed by atoms with Gasteiger partial charge in [-0.05, 0) is 43.1 Å². The highest BCUT2D eigenvalue weighted by Gasteiger charge is 2.50. The second-order valence-corrected chi connectivity index (χ2v) is 16.2. The Morgan fingerprint density at radius 1 is 0.917 bits per heavy atom. The van der Waals surface area contributed by atoms with Gasteiger partial charge in [0.2, 0.25) is 0 Å². The molecule has 2 aromatic carbocycles. The lowest BCUT2D eigenvalue weighted by molar-refractivity contribution is 0.0559. The fourth-order valence-electron chi connectivity index (χ4n) is 3.77. The first-order valence-corrected chi connectivity index (χ1v) is 15.1. The molecule has 10 heteroatoms. The summed E-state index contributed by atoms with van der Waals surface area (Å²) >= 11 is 0. The minimum absolute atomic E-state index is 0.0504. The number of amides is 1. The Kier molecular flexibility index (Phi) is 10.0. The van der Waals surface area contributed by atoms with Gasteiger partial charge in [-0.15, -0.1) is 0 Å². The molecule has 0 spiro atoms. The summed E-state index contributed by atoms with van der Waals surface area (Å²) < 4.78 is 37.4. The summed E-state index contributed by atoms with van der Waals surface area (Å²) in [6, 6.07) is 20.6. The molecule has 0 atom stereocenters. The first kappa shape index (κ1) is 29.7. The van der Waals surface area contributed by atoms with E-state index >= 15 is 0 Å². The van der Waals surface area contributed by atoms with Crippen molar-refractivity contribution in [2.24, 2.45) is 0 Å². The molecule has 2 rings (SSSR count). The van der Waals surface area contributed by atoms with Crippen molar-refractivity contribution < 1.29 is 27.2 Å². The summed E-state index contributed by atoms with van der Waals surface area (Å²) in [6.07, 6.45) is 0.636.